The van der Waals surface area contributed by atoms with Gasteiger partial charge in [0.2, 0.25) is 11.8 Å². The van der Waals surface area contributed by atoms with Crippen LogP contribution in [0.25, 0.3) is 0 Å². The normalized spacial score (nSPS) is 13.3. The number of thiol groups is 2. The van der Waals surface area contributed by atoms with Crippen LogP contribution in [0.5, 0.6) is 0 Å². The standard InChI is InChI=1S/C11H21N3O4S2/c12-7(11(17)18)2-3-9(15)14-8(6-20)10(16)13-4-1-5-19/h7-8,19-20H,1-6,12H2,(H,13,16)(H,14,15)(H,17,18). The number of carboxylic acids is 1. The minimum atomic E-state index is -1.16. The highest BCUT2D eigenvalue weighted by Gasteiger charge is 2.20. The number of hydrogen-bond acceptors (Lipinski definition) is 6. The summed E-state index contributed by atoms with van der Waals surface area (Å²) in [5, 5.41) is 13.7. The smallest absolute Gasteiger partial charge is 0.320 e. The number of carbonyl (C=O) groups is 3. The van der Waals surface area contributed by atoms with Gasteiger partial charge >= 0.3 is 5.97 Å². The molecular formula is C11H21N3O4S2. The molecule has 0 heterocycles. The van der Waals surface area contributed by atoms with Crippen molar-refractivity contribution in [2.75, 3.05) is 18.1 Å². The quantitative estimate of drug-likeness (QED) is 0.228. The van der Waals surface area contributed by atoms with E-state index in [0.717, 1.165) is 6.42 Å². The lowest BCUT2D eigenvalue weighted by molar-refractivity contribution is -0.138. The zero-order chi connectivity index (χ0) is 15.5. The number of amides is 2. The van der Waals surface area contributed by atoms with Gasteiger partial charge in [0.1, 0.15) is 12.1 Å². The lowest BCUT2D eigenvalue weighted by Gasteiger charge is -2.16. The van der Waals surface area contributed by atoms with Crippen LogP contribution >= 0.6 is 25.3 Å². The molecule has 0 saturated carbocycles. The molecule has 0 aromatic rings. The molecule has 0 aliphatic rings. The number of nitrogens with one attached hydrogen (secondary N) is 2. The van der Waals surface area contributed by atoms with E-state index in [1.807, 2.05) is 0 Å². The summed E-state index contributed by atoms with van der Waals surface area (Å²) < 4.78 is 0. The summed E-state index contributed by atoms with van der Waals surface area (Å²) in [6.45, 7) is 0.479. The van der Waals surface area contributed by atoms with Gasteiger partial charge in [-0.3, -0.25) is 14.4 Å². The topological polar surface area (TPSA) is 122 Å². The molecule has 5 N–H and O–H groups in total. The van der Waals surface area contributed by atoms with Crippen molar-refractivity contribution in [2.24, 2.45) is 5.73 Å². The van der Waals surface area contributed by atoms with Crippen LogP contribution in [0.1, 0.15) is 19.3 Å². The minimum Gasteiger partial charge on any atom is -0.480 e. The van der Waals surface area contributed by atoms with Gasteiger partial charge in [-0.1, -0.05) is 0 Å². The molecular weight excluding hydrogens is 302 g/mol. The summed E-state index contributed by atoms with van der Waals surface area (Å²) in [5.41, 5.74) is 5.29. The highest BCUT2D eigenvalue weighted by atomic mass is 32.1. The maximum Gasteiger partial charge on any atom is 0.320 e. The third-order valence-corrected chi connectivity index (χ3v) is 3.15. The van der Waals surface area contributed by atoms with Crippen LogP contribution < -0.4 is 16.4 Å². The van der Waals surface area contributed by atoms with Crippen molar-refractivity contribution in [3.63, 3.8) is 0 Å². The number of aliphatic carboxylic acids is 1. The Morgan fingerprint density at radius 3 is 2.40 bits per heavy atom. The van der Waals surface area contributed by atoms with Gasteiger partial charge in [0.05, 0.1) is 0 Å². The van der Waals surface area contributed by atoms with Crippen LogP contribution in [0.3, 0.4) is 0 Å². The monoisotopic (exact) mass is 323 g/mol. The molecule has 0 bridgehead atoms. The van der Waals surface area contributed by atoms with Crippen LogP contribution in [-0.4, -0.2) is 53.0 Å². The SMILES string of the molecule is NC(CCC(=O)NC(CS)C(=O)NCCCS)C(=O)O. The fraction of sp³-hybridized carbons (Fsp3) is 0.727. The number of hydrogen-bond donors (Lipinski definition) is 6. The Hall–Kier alpha value is -0.930. The molecule has 0 rings (SSSR count). The van der Waals surface area contributed by atoms with Gasteiger partial charge in [-0.2, -0.15) is 25.3 Å². The van der Waals surface area contributed by atoms with E-state index >= 15 is 0 Å². The fourth-order valence-corrected chi connectivity index (χ4v) is 1.70. The van der Waals surface area contributed by atoms with Crippen molar-refractivity contribution in [2.45, 2.75) is 31.3 Å². The summed E-state index contributed by atoms with van der Waals surface area (Å²) in [7, 11) is 0. The first kappa shape index (κ1) is 19.1. The van der Waals surface area contributed by atoms with Crippen molar-refractivity contribution in [3.8, 4) is 0 Å². The summed E-state index contributed by atoms with van der Waals surface area (Å²) >= 11 is 8.03. The molecule has 7 nitrogen and oxygen atoms in total. The molecule has 0 aliphatic heterocycles. The molecule has 2 amide bonds. The van der Waals surface area contributed by atoms with E-state index in [4.69, 9.17) is 10.8 Å². The molecule has 0 saturated heterocycles. The van der Waals surface area contributed by atoms with E-state index in [2.05, 4.69) is 35.9 Å². The Morgan fingerprint density at radius 2 is 1.90 bits per heavy atom. The first-order valence-electron chi connectivity index (χ1n) is 6.19. The largest absolute Gasteiger partial charge is 0.480 e. The van der Waals surface area contributed by atoms with Gasteiger partial charge in [0.25, 0.3) is 0 Å². The third-order valence-electron chi connectivity index (χ3n) is 2.47. The van der Waals surface area contributed by atoms with Crippen molar-refractivity contribution >= 4 is 43.0 Å². The minimum absolute atomic E-state index is 0.0156. The second-order valence-electron chi connectivity index (χ2n) is 4.15. The van der Waals surface area contributed by atoms with Crippen LogP contribution in [0.4, 0.5) is 0 Å². The number of rotatable bonds is 10. The average Bonchev–Trinajstić information content (AvgIpc) is 2.41. The number of carbonyl (C=O) groups excluding carboxylic acids is 2. The van der Waals surface area contributed by atoms with E-state index < -0.39 is 24.0 Å². The van der Waals surface area contributed by atoms with E-state index in [0.29, 0.717) is 12.3 Å². The molecule has 0 fully saturated rings. The van der Waals surface area contributed by atoms with Crippen LogP contribution in [0.2, 0.25) is 0 Å². The van der Waals surface area contributed by atoms with Gasteiger partial charge in [0, 0.05) is 18.7 Å². The number of carboxylic acid groups (broad SMARTS) is 1. The van der Waals surface area contributed by atoms with Gasteiger partial charge < -0.3 is 21.5 Å². The van der Waals surface area contributed by atoms with Crippen molar-refractivity contribution in [1.82, 2.24) is 10.6 Å². The third kappa shape index (κ3) is 8.28. The van der Waals surface area contributed by atoms with E-state index in [1.54, 1.807) is 0 Å². The average molecular weight is 323 g/mol. The Balaban J connectivity index is 4.11. The Morgan fingerprint density at radius 1 is 1.25 bits per heavy atom. The summed E-state index contributed by atoms with van der Waals surface area (Å²) in [5.74, 6) is -1.09. The zero-order valence-corrected chi connectivity index (χ0v) is 12.8. The maximum absolute atomic E-state index is 11.7. The fourth-order valence-electron chi connectivity index (χ4n) is 1.28. The summed E-state index contributed by atoms with van der Waals surface area (Å²) in [6.07, 6.45) is 0.693. The van der Waals surface area contributed by atoms with Gasteiger partial charge in [-0.15, -0.1) is 0 Å². The molecule has 0 spiro atoms. The highest BCUT2D eigenvalue weighted by molar-refractivity contribution is 7.80. The van der Waals surface area contributed by atoms with Gasteiger partial charge in [0.15, 0.2) is 0 Å². The second kappa shape index (κ2) is 10.8. The Bertz CT molecular complexity index is 342. The van der Waals surface area contributed by atoms with E-state index in [1.165, 1.54) is 0 Å². The predicted molar refractivity (Wildman–Crippen MR) is 82.1 cm³/mol. The zero-order valence-electron chi connectivity index (χ0n) is 11.0. The van der Waals surface area contributed by atoms with Gasteiger partial charge in [-0.05, 0) is 18.6 Å². The number of nitrogens with two attached hydrogens (primary N) is 1. The molecule has 9 heteroatoms. The van der Waals surface area contributed by atoms with Crippen LogP contribution in [0.15, 0.2) is 0 Å². The molecule has 116 valence electrons. The van der Waals surface area contributed by atoms with Crippen molar-refractivity contribution in [3.05, 3.63) is 0 Å². The van der Waals surface area contributed by atoms with Crippen LogP contribution in [0, 0.1) is 0 Å². The predicted octanol–water partition coefficient (Wildman–Crippen LogP) is -0.971. The van der Waals surface area contributed by atoms with E-state index in [9.17, 15) is 14.4 Å². The maximum atomic E-state index is 11.7. The molecule has 20 heavy (non-hydrogen) atoms. The highest BCUT2D eigenvalue weighted by Crippen LogP contribution is 1.97. The Kier molecular flexibility index (Phi) is 10.3. The van der Waals surface area contributed by atoms with Crippen molar-refractivity contribution in [1.29, 1.82) is 0 Å². The second-order valence-corrected chi connectivity index (χ2v) is 4.97. The first-order chi connectivity index (χ1) is 9.42. The van der Waals surface area contributed by atoms with E-state index in [-0.39, 0.29) is 24.5 Å². The van der Waals surface area contributed by atoms with Crippen LogP contribution in [-0.2, 0) is 14.4 Å². The molecule has 0 aliphatic carbocycles. The molecule has 0 radical (unpaired) electrons. The lowest BCUT2D eigenvalue weighted by Crippen LogP contribution is -2.48. The molecule has 0 aromatic carbocycles. The molecule has 0 aromatic heterocycles. The molecule has 2 unspecified atom stereocenters. The first-order valence-corrected chi connectivity index (χ1v) is 7.46. The Labute approximate surface area is 128 Å². The lowest BCUT2D eigenvalue weighted by atomic mass is 10.1. The summed E-state index contributed by atoms with van der Waals surface area (Å²) in [6, 6.07) is -1.83. The van der Waals surface area contributed by atoms with Gasteiger partial charge in [-0.25, -0.2) is 0 Å². The molecule has 2 atom stereocenters. The van der Waals surface area contributed by atoms with Crippen molar-refractivity contribution < 1.29 is 19.5 Å². The summed E-state index contributed by atoms with van der Waals surface area (Å²) in [4.78, 5) is 33.8.